The first-order chi connectivity index (χ1) is 5.99. The lowest BCUT2D eigenvalue weighted by Crippen LogP contribution is -2.22. The molecule has 3 nitrogen and oxygen atoms in total. The monoisotopic (exact) mass is 214 g/mol. The van der Waals surface area contributed by atoms with Gasteiger partial charge in [-0.2, -0.15) is 0 Å². The molecule has 0 radical (unpaired) electrons. The summed E-state index contributed by atoms with van der Waals surface area (Å²) < 4.78 is 5.41. The predicted octanol–water partition coefficient (Wildman–Crippen LogP) is 2.72. The lowest BCUT2D eigenvalue weighted by atomic mass is 10.5. The van der Waals surface area contributed by atoms with Crippen LogP contribution in [-0.4, -0.2) is 19.0 Å². The summed E-state index contributed by atoms with van der Waals surface area (Å²) in [5.74, 6) is 0. The van der Waals surface area contributed by atoms with Gasteiger partial charge in [0.05, 0.1) is 0 Å². The number of rotatable bonds is 3. The highest BCUT2D eigenvalue weighted by Gasteiger charge is 2.16. The number of hydrogen-bond acceptors (Lipinski definition) is 4. The van der Waals surface area contributed by atoms with Crippen LogP contribution in [-0.2, 0) is 4.53 Å². The largest absolute Gasteiger partial charge is 0.455 e. The summed E-state index contributed by atoms with van der Waals surface area (Å²) in [4.78, 5) is 4.14. The Bertz CT molecular complexity index is 290. The summed E-state index contributed by atoms with van der Waals surface area (Å²) in [6.07, 6.45) is 1.77. The van der Waals surface area contributed by atoms with Crippen molar-refractivity contribution < 1.29 is 4.53 Å². The Hall–Kier alpha value is -0.683. The summed E-state index contributed by atoms with van der Waals surface area (Å²) in [5, 5.41) is 6.93. The van der Waals surface area contributed by atoms with Crippen molar-refractivity contribution in [2.75, 3.05) is 0 Å². The van der Waals surface area contributed by atoms with Gasteiger partial charge in [0, 0.05) is 11.6 Å². The van der Waals surface area contributed by atoms with Crippen LogP contribution in [0, 0.1) is 0 Å². The molecule has 0 unspecified atom stereocenters. The third-order valence-corrected chi connectivity index (χ3v) is 2.72. The number of oxime groups is 1. The molecule has 0 aliphatic carbocycles. The van der Waals surface area contributed by atoms with Gasteiger partial charge in [-0.05, 0) is 26.6 Å². The average Bonchev–Trinajstić information content (AvgIpc) is 2.50. The highest BCUT2D eigenvalue weighted by atomic mass is 32.1. The van der Waals surface area contributed by atoms with Crippen molar-refractivity contribution in [2.24, 2.45) is 5.16 Å². The van der Waals surface area contributed by atoms with E-state index in [1.807, 2.05) is 12.3 Å². The molecule has 0 saturated carbocycles. The van der Waals surface area contributed by atoms with E-state index in [4.69, 9.17) is 4.53 Å². The molecular formula is C8H14N2OSSi. The molecule has 0 aromatic carbocycles. The number of nitrogens with zero attached hydrogens (tertiary/aromatic N) is 2. The molecule has 1 aromatic rings. The van der Waals surface area contributed by atoms with Gasteiger partial charge in [-0.25, -0.2) is 4.98 Å². The Balaban J connectivity index is 2.63. The quantitative estimate of drug-likeness (QED) is 0.440. The Morgan fingerprint density at radius 3 is 2.69 bits per heavy atom. The maximum atomic E-state index is 5.41. The van der Waals surface area contributed by atoms with Gasteiger partial charge in [0.1, 0.15) is 10.7 Å². The first-order valence-corrected chi connectivity index (χ1v) is 8.40. The van der Waals surface area contributed by atoms with Crippen LogP contribution in [0.2, 0.25) is 19.6 Å². The second-order valence-corrected chi connectivity index (χ2v) is 9.02. The van der Waals surface area contributed by atoms with Crippen LogP contribution in [0.3, 0.4) is 0 Å². The van der Waals surface area contributed by atoms with Crippen LogP contribution in [0.25, 0.3) is 0 Å². The molecule has 0 aliphatic heterocycles. The van der Waals surface area contributed by atoms with Crippen molar-refractivity contribution in [2.45, 2.75) is 26.6 Å². The summed E-state index contributed by atoms with van der Waals surface area (Å²) in [7, 11) is -1.54. The number of hydrogen-bond donors (Lipinski definition) is 0. The first-order valence-electron chi connectivity index (χ1n) is 4.12. The molecule has 1 aromatic heterocycles. The highest BCUT2D eigenvalue weighted by molar-refractivity contribution is 7.11. The van der Waals surface area contributed by atoms with Gasteiger partial charge in [0.25, 0.3) is 8.32 Å². The molecule has 0 atom stereocenters. The molecule has 1 heterocycles. The van der Waals surface area contributed by atoms with E-state index in [2.05, 4.69) is 29.8 Å². The van der Waals surface area contributed by atoms with Crippen molar-refractivity contribution in [1.29, 1.82) is 0 Å². The van der Waals surface area contributed by atoms with Crippen LogP contribution < -0.4 is 0 Å². The fourth-order valence-corrected chi connectivity index (χ4v) is 1.64. The standard InChI is InChI=1S/C8H14N2OSSi/c1-7(8-9-5-6-12-8)10-11-13(2,3)4/h5-6H,1-4H3. The van der Waals surface area contributed by atoms with Gasteiger partial charge >= 0.3 is 0 Å². The predicted molar refractivity (Wildman–Crippen MR) is 58.8 cm³/mol. The van der Waals surface area contributed by atoms with E-state index in [9.17, 15) is 0 Å². The average molecular weight is 214 g/mol. The van der Waals surface area contributed by atoms with Crippen LogP contribution >= 0.6 is 11.3 Å². The maximum absolute atomic E-state index is 5.41. The zero-order chi connectivity index (χ0) is 9.90. The molecule has 0 amide bonds. The molecule has 72 valence electrons. The summed E-state index contributed by atoms with van der Waals surface area (Å²) in [6, 6.07) is 0. The van der Waals surface area contributed by atoms with E-state index < -0.39 is 8.32 Å². The number of aromatic nitrogens is 1. The highest BCUT2D eigenvalue weighted by Crippen LogP contribution is 2.08. The van der Waals surface area contributed by atoms with E-state index >= 15 is 0 Å². The molecule has 0 N–H and O–H groups in total. The van der Waals surface area contributed by atoms with Crippen LogP contribution in [0.15, 0.2) is 16.7 Å². The van der Waals surface area contributed by atoms with Gasteiger partial charge in [-0.15, -0.1) is 16.5 Å². The summed E-state index contributed by atoms with van der Waals surface area (Å²) in [5.41, 5.74) is 0.859. The molecular weight excluding hydrogens is 200 g/mol. The van der Waals surface area contributed by atoms with Gasteiger partial charge < -0.3 is 4.53 Å². The van der Waals surface area contributed by atoms with Crippen LogP contribution in [0.4, 0.5) is 0 Å². The van der Waals surface area contributed by atoms with Crippen LogP contribution in [0.1, 0.15) is 11.9 Å². The van der Waals surface area contributed by atoms with E-state index in [0.29, 0.717) is 0 Å². The molecule has 13 heavy (non-hydrogen) atoms. The van der Waals surface area contributed by atoms with E-state index in [-0.39, 0.29) is 0 Å². The lowest BCUT2D eigenvalue weighted by molar-refractivity contribution is 0.335. The Labute approximate surface area is 83.6 Å². The molecule has 1 rings (SSSR count). The van der Waals surface area contributed by atoms with Crippen molar-refractivity contribution in [1.82, 2.24) is 4.98 Å². The second-order valence-electron chi connectivity index (χ2n) is 3.72. The van der Waals surface area contributed by atoms with Gasteiger partial charge in [0.15, 0.2) is 0 Å². The topological polar surface area (TPSA) is 34.5 Å². The molecule has 0 bridgehead atoms. The zero-order valence-corrected chi connectivity index (χ0v) is 10.2. The van der Waals surface area contributed by atoms with E-state index in [1.54, 1.807) is 17.5 Å². The summed E-state index contributed by atoms with van der Waals surface area (Å²) in [6.45, 7) is 8.22. The SMILES string of the molecule is CC(=NO[Si](C)(C)C)c1nccs1. The Morgan fingerprint density at radius 2 is 2.23 bits per heavy atom. The summed E-state index contributed by atoms with van der Waals surface area (Å²) >= 11 is 1.58. The fourth-order valence-electron chi connectivity index (χ4n) is 0.647. The van der Waals surface area contributed by atoms with Crippen molar-refractivity contribution in [3.8, 4) is 0 Å². The van der Waals surface area contributed by atoms with Gasteiger partial charge in [-0.1, -0.05) is 0 Å². The molecule has 0 saturated heterocycles. The third kappa shape index (κ3) is 3.69. The number of thiazole rings is 1. The van der Waals surface area contributed by atoms with Gasteiger partial charge in [0.2, 0.25) is 0 Å². The minimum atomic E-state index is -1.54. The van der Waals surface area contributed by atoms with E-state index in [0.717, 1.165) is 10.7 Å². The zero-order valence-electron chi connectivity index (χ0n) is 8.37. The molecule has 0 fully saturated rings. The van der Waals surface area contributed by atoms with Crippen molar-refractivity contribution in [3.05, 3.63) is 16.6 Å². The molecule has 0 spiro atoms. The Kier molecular flexibility index (Phi) is 3.21. The fraction of sp³-hybridized carbons (Fsp3) is 0.500. The molecule has 5 heteroatoms. The normalized spacial score (nSPS) is 13.1. The minimum absolute atomic E-state index is 0.859. The van der Waals surface area contributed by atoms with Crippen LogP contribution in [0.5, 0.6) is 0 Å². The first kappa shape index (κ1) is 10.4. The second kappa shape index (κ2) is 4.02. The van der Waals surface area contributed by atoms with Gasteiger partial charge in [-0.3, -0.25) is 0 Å². The third-order valence-electron chi connectivity index (χ3n) is 1.20. The van der Waals surface area contributed by atoms with E-state index in [1.165, 1.54) is 0 Å². The maximum Gasteiger partial charge on any atom is 0.278 e. The smallest absolute Gasteiger partial charge is 0.278 e. The van der Waals surface area contributed by atoms with Crippen molar-refractivity contribution >= 4 is 25.4 Å². The Morgan fingerprint density at radius 1 is 1.54 bits per heavy atom. The molecule has 0 aliphatic rings. The van der Waals surface area contributed by atoms with Crippen molar-refractivity contribution in [3.63, 3.8) is 0 Å². The minimum Gasteiger partial charge on any atom is -0.455 e. The lowest BCUT2D eigenvalue weighted by Gasteiger charge is -2.12.